The topological polar surface area (TPSA) is 47.3 Å². The molecule has 4 nitrogen and oxygen atoms in total. The number of nitrogens with zero attached hydrogens (tertiary/aromatic N) is 1. The molecule has 1 rings (SSSR count). The molecular weight excluding hydrogens is 152 g/mol. The molecule has 0 amide bonds. The van der Waals surface area contributed by atoms with Crippen molar-refractivity contribution in [2.24, 2.45) is 0 Å². The van der Waals surface area contributed by atoms with E-state index in [-0.39, 0.29) is 0 Å². The highest BCUT2D eigenvalue weighted by atomic mass is 32.1. The van der Waals surface area contributed by atoms with Crippen LogP contribution >= 0.6 is 12.6 Å². The molecule has 0 fully saturated rings. The molecule has 0 saturated heterocycles. The molecule has 0 aromatic heterocycles. The van der Waals surface area contributed by atoms with Gasteiger partial charge in [-0.1, -0.05) is 4.85 Å². The summed E-state index contributed by atoms with van der Waals surface area (Å²) in [7, 11) is 1.46. The molecule has 56 valence electrons. The Labute approximate surface area is 64.1 Å². The second kappa shape index (κ2) is 2.51. The van der Waals surface area contributed by atoms with Crippen molar-refractivity contribution in [1.82, 2.24) is 5.43 Å². The third-order valence-electron chi connectivity index (χ3n) is 1.13. The van der Waals surface area contributed by atoms with E-state index in [0.717, 1.165) is 0 Å². The summed E-state index contributed by atoms with van der Waals surface area (Å²) in [5.41, 5.74) is 2.42. The van der Waals surface area contributed by atoms with Crippen molar-refractivity contribution >= 4 is 18.8 Å². The number of nitrogens with one attached hydrogen (secondary N) is 1. The predicted molar refractivity (Wildman–Crippen MR) is 40.7 cm³/mol. The van der Waals surface area contributed by atoms with Crippen molar-refractivity contribution < 1.29 is 9.58 Å². The molecule has 1 atom stereocenters. The minimum atomic E-state index is -0.962. The lowest BCUT2D eigenvalue weighted by molar-refractivity contribution is -0.538. The van der Waals surface area contributed by atoms with E-state index in [9.17, 15) is 5.21 Å². The number of hydrazine groups is 1. The molecule has 1 N–H and O–H groups in total. The second-order valence-corrected chi connectivity index (χ2v) is 2.51. The van der Waals surface area contributed by atoms with Crippen LogP contribution in [0.2, 0.25) is 0 Å². The molecule has 0 spiro atoms. The van der Waals surface area contributed by atoms with Gasteiger partial charge >= 0.3 is 0 Å². The first-order chi connectivity index (χ1) is 4.66. The Bertz CT molecular complexity index is 192. The Morgan fingerprint density at radius 1 is 1.80 bits per heavy atom. The van der Waals surface area contributed by atoms with Crippen LogP contribution in [0.5, 0.6) is 0 Å². The molecule has 1 heterocycles. The standard InChI is InChI=1S/C5H8N2O2S/c1-9-5(10)3-2-4-7(8)6-5/h2-4,6,10H,1H3. The SMILES string of the molecule is COC1(S)C=CC=[N+]([O-])N1. The van der Waals surface area contributed by atoms with Crippen LogP contribution in [0.25, 0.3) is 0 Å². The monoisotopic (exact) mass is 160 g/mol. The number of hydrogen-bond donors (Lipinski definition) is 2. The highest BCUT2D eigenvalue weighted by molar-refractivity contribution is 7.81. The predicted octanol–water partition coefficient (Wildman–Crippen LogP) is -0.128. The minimum absolute atomic E-state index is 0.538. The van der Waals surface area contributed by atoms with E-state index < -0.39 is 5.06 Å². The van der Waals surface area contributed by atoms with Crippen LogP contribution in [0.3, 0.4) is 0 Å². The van der Waals surface area contributed by atoms with Crippen LogP contribution < -0.4 is 5.43 Å². The zero-order chi connectivity index (χ0) is 7.61. The van der Waals surface area contributed by atoms with Gasteiger partial charge in [0.05, 0.1) is 0 Å². The molecule has 0 saturated carbocycles. The van der Waals surface area contributed by atoms with Gasteiger partial charge in [-0.3, -0.25) is 0 Å². The van der Waals surface area contributed by atoms with E-state index in [0.29, 0.717) is 4.85 Å². The van der Waals surface area contributed by atoms with E-state index in [1.165, 1.54) is 13.3 Å². The maximum Gasteiger partial charge on any atom is 0.254 e. The Morgan fingerprint density at radius 2 is 2.50 bits per heavy atom. The molecule has 5 heteroatoms. The van der Waals surface area contributed by atoms with Crippen LogP contribution in [0, 0.1) is 5.21 Å². The summed E-state index contributed by atoms with van der Waals surface area (Å²) in [6.45, 7) is 0. The summed E-state index contributed by atoms with van der Waals surface area (Å²) in [6, 6.07) is 0. The Balaban J connectivity index is 2.71. The lowest BCUT2D eigenvalue weighted by atomic mass is 10.4. The number of ether oxygens (including phenoxy) is 1. The zero-order valence-corrected chi connectivity index (χ0v) is 6.34. The molecule has 1 aliphatic rings. The molecule has 0 aromatic carbocycles. The van der Waals surface area contributed by atoms with Crippen LogP contribution in [0.1, 0.15) is 0 Å². The molecule has 0 radical (unpaired) electrons. The summed E-state index contributed by atoms with van der Waals surface area (Å²) in [4.78, 5) is 0.538. The maximum atomic E-state index is 10.6. The average molecular weight is 160 g/mol. The van der Waals surface area contributed by atoms with Crippen molar-refractivity contribution in [3.63, 3.8) is 0 Å². The van der Waals surface area contributed by atoms with Gasteiger partial charge in [0.2, 0.25) is 6.21 Å². The van der Waals surface area contributed by atoms with Crippen LogP contribution in [-0.4, -0.2) is 23.2 Å². The van der Waals surface area contributed by atoms with E-state index in [2.05, 4.69) is 18.1 Å². The number of thiol groups is 1. The Morgan fingerprint density at radius 3 is 2.90 bits per heavy atom. The first kappa shape index (κ1) is 7.43. The van der Waals surface area contributed by atoms with Crippen LogP contribution in [0.15, 0.2) is 12.2 Å². The van der Waals surface area contributed by atoms with Gasteiger partial charge in [-0.15, -0.1) is 18.1 Å². The average Bonchev–Trinajstić information content (AvgIpc) is 1.88. The molecule has 0 aliphatic carbocycles. The van der Waals surface area contributed by atoms with Gasteiger partial charge in [-0.25, -0.2) is 0 Å². The van der Waals surface area contributed by atoms with Gasteiger partial charge in [0.25, 0.3) is 5.06 Å². The van der Waals surface area contributed by atoms with Crippen molar-refractivity contribution in [3.05, 3.63) is 17.4 Å². The largest absolute Gasteiger partial charge is 0.596 e. The van der Waals surface area contributed by atoms with Crippen molar-refractivity contribution in [3.8, 4) is 0 Å². The molecule has 0 aromatic rings. The molecule has 0 bridgehead atoms. The number of hydrazone groups is 1. The number of rotatable bonds is 1. The van der Waals surface area contributed by atoms with Gasteiger partial charge in [0.1, 0.15) is 0 Å². The summed E-state index contributed by atoms with van der Waals surface area (Å²) in [6.07, 6.45) is 4.53. The van der Waals surface area contributed by atoms with Crippen molar-refractivity contribution in [2.75, 3.05) is 7.11 Å². The van der Waals surface area contributed by atoms with Crippen LogP contribution in [0.4, 0.5) is 0 Å². The fourth-order valence-electron chi connectivity index (χ4n) is 0.598. The highest BCUT2D eigenvalue weighted by Crippen LogP contribution is 2.13. The lowest BCUT2D eigenvalue weighted by Crippen LogP contribution is -2.46. The molecule has 1 aliphatic heterocycles. The second-order valence-electron chi connectivity index (χ2n) is 1.85. The van der Waals surface area contributed by atoms with Crippen molar-refractivity contribution in [2.45, 2.75) is 5.06 Å². The lowest BCUT2D eigenvalue weighted by Gasteiger charge is -2.24. The van der Waals surface area contributed by atoms with E-state index in [1.54, 1.807) is 12.2 Å². The molecular formula is C5H8N2O2S. The van der Waals surface area contributed by atoms with Gasteiger partial charge in [-0.05, 0) is 6.08 Å². The fraction of sp³-hybridized carbons (Fsp3) is 0.400. The van der Waals surface area contributed by atoms with Gasteiger partial charge in [0.15, 0.2) is 0 Å². The maximum absolute atomic E-state index is 10.6. The quantitative estimate of drug-likeness (QED) is 0.243. The van der Waals surface area contributed by atoms with Crippen LogP contribution in [-0.2, 0) is 4.74 Å². The highest BCUT2D eigenvalue weighted by Gasteiger charge is 2.26. The fourth-order valence-corrected chi connectivity index (χ4v) is 0.782. The first-order valence-corrected chi connectivity index (χ1v) is 3.15. The smallest absolute Gasteiger partial charge is 0.254 e. The molecule has 1 unspecified atom stereocenters. The van der Waals surface area contributed by atoms with E-state index in [1.807, 2.05) is 0 Å². The van der Waals surface area contributed by atoms with Gasteiger partial charge in [-0.2, -0.15) is 0 Å². The van der Waals surface area contributed by atoms with E-state index >= 15 is 0 Å². The Hall–Kier alpha value is -0.680. The summed E-state index contributed by atoms with van der Waals surface area (Å²) >= 11 is 4.03. The normalized spacial score (nSPS) is 31.2. The number of allylic oxidation sites excluding steroid dienone is 1. The van der Waals surface area contributed by atoms with Crippen molar-refractivity contribution in [1.29, 1.82) is 0 Å². The van der Waals surface area contributed by atoms with Gasteiger partial charge in [0, 0.05) is 13.2 Å². The summed E-state index contributed by atoms with van der Waals surface area (Å²) < 4.78 is 4.85. The van der Waals surface area contributed by atoms with E-state index in [4.69, 9.17) is 4.74 Å². The van der Waals surface area contributed by atoms with Gasteiger partial charge < -0.3 is 9.94 Å². The molecule has 10 heavy (non-hydrogen) atoms. The summed E-state index contributed by atoms with van der Waals surface area (Å²) in [5, 5.41) is 9.65. The first-order valence-electron chi connectivity index (χ1n) is 2.71. The third kappa shape index (κ3) is 1.43. The summed E-state index contributed by atoms with van der Waals surface area (Å²) in [5.74, 6) is 0. The number of methoxy groups -OCH3 is 1. The third-order valence-corrected chi connectivity index (χ3v) is 1.56. The minimum Gasteiger partial charge on any atom is -0.596 e. The zero-order valence-electron chi connectivity index (χ0n) is 5.44. The Kier molecular flexibility index (Phi) is 1.87. The number of hydrogen-bond acceptors (Lipinski definition) is 4.